The molecule has 1 amide bonds. The number of nitrogens with one attached hydrogen (secondary N) is 1. The molecule has 8 heteroatoms. The predicted octanol–water partition coefficient (Wildman–Crippen LogP) is 3.30. The van der Waals surface area contributed by atoms with Crippen molar-refractivity contribution < 1.29 is 13.7 Å². The molecule has 1 aliphatic heterocycles. The normalized spacial score (nSPS) is 19.3. The minimum absolute atomic E-state index is 0.0273. The third-order valence-corrected chi connectivity index (χ3v) is 5.96. The van der Waals surface area contributed by atoms with Gasteiger partial charge >= 0.3 is 0 Å². The van der Waals surface area contributed by atoms with E-state index in [1.165, 1.54) is 12.1 Å². The second kappa shape index (κ2) is 8.63. The van der Waals surface area contributed by atoms with Crippen molar-refractivity contribution in [2.75, 3.05) is 20.1 Å². The van der Waals surface area contributed by atoms with Crippen molar-refractivity contribution in [1.82, 2.24) is 25.2 Å². The van der Waals surface area contributed by atoms with E-state index in [9.17, 15) is 9.18 Å². The summed E-state index contributed by atoms with van der Waals surface area (Å²) in [4.78, 5) is 15.1. The van der Waals surface area contributed by atoms with Crippen molar-refractivity contribution in [1.29, 1.82) is 0 Å². The fourth-order valence-corrected chi connectivity index (χ4v) is 4.22. The van der Waals surface area contributed by atoms with E-state index in [0.29, 0.717) is 19.5 Å². The zero-order chi connectivity index (χ0) is 22.0. The number of benzene rings is 1. The van der Waals surface area contributed by atoms with Gasteiger partial charge in [0.1, 0.15) is 11.6 Å². The van der Waals surface area contributed by atoms with Gasteiger partial charge in [0.05, 0.1) is 23.0 Å². The Morgan fingerprint density at radius 3 is 2.77 bits per heavy atom. The summed E-state index contributed by atoms with van der Waals surface area (Å²) in [6.07, 6.45) is 5.03. The maximum Gasteiger partial charge on any atom is 0.227 e. The molecule has 0 unspecified atom stereocenters. The molecule has 1 atom stereocenters. The fourth-order valence-electron chi connectivity index (χ4n) is 4.22. The molecule has 1 saturated heterocycles. The van der Waals surface area contributed by atoms with Gasteiger partial charge in [-0.25, -0.2) is 9.07 Å². The van der Waals surface area contributed by atoms with Gasteiger partial charge in [0.25, 0.3) is 0 Å². The lowest BCUT2D eigenvalue weighted by molar-refractivity contribution is -0.130. The van der Waals surface area contributed by atoms with Crippen LogP contribution >= 0.6 is 0 Å². The van der Waals surface area contributed by atoms with Gasteiger partial charge in [0.2, 0.25) is 5.91 Å². The minimum Gasteiger partial charge on any atom is -0.361 e. The van der Waals surface area contributed by atoms with E-state index in [0.717, 1.165) is 35.7 Å². The Kier molecular flexibility index (Phi) is 5.91. The first-order chi connectivity index (χ1) is 14.9. The standard InChI is InChI=1S/C23H28FN5O2/c1-16(2)21-10-20(31-27-21)11-23(22(30)25-3)8-9-28(15-23)13-17-12-26-29(14-17)19-6-4-18(24)5-7-19/h4-7,10,12,14,16H,8-9,11,13,15H2,1-3H3,(H,25,30)/t23-/m0/s1. The monoisotopic (exact) mass is 425 g/mol. The molecule has 1 fully saturated rings. The smallest absolute Gasteiger partial charge is 0.227 e. The first-order valence-electron chi connectivity index (χ1n) is 10.6. The van der Waals surface area contributed by atoms with E-state index in [1.54, 1.807) is 23.9 Å². The molecule has 164 valence electrons. The molecule has 0 radical (unpaired) electrons. The third-order valence-electron chi connectivity index (χ3n) is 5.96. The lowest BCUT2D eigenvalue weighted by atomic mass is 9.81. The fraction of sp³-hybridized carbons (Fsp3) is 0.435. The number of amides is 1. The SMILES string of the molecule is CNC(=O)[C@]1(Cc2cc(C(C)C)no2)CCN(Cc2cnn(-c3ccc(F)cc3)c2)C1. The molecule has 0 bridgehead atoms. The largest absolute Gasteiger partial charge is 0.361 e. The number of likely N-dealkylation sites (tertiary alicyclic amines) is 1. The molecule has 31 heavy (non-hydrogen) atoms. The van der Waals surface area contributed by atoms with Crippen LogP contribution in [0, 0.1) is 11.2 Å². The van der Waals surface area contributed by atoms with Crippen molar-refractivity contribution in [2.45, 2.75) is 39.2 Å². The Morgan fingerprint density at radius 1 is 1.32 bits per heavy atom. The Balaban J connectivity index is 1.46. The summed E-state index contributed by atoms with van der Waals surface area (Å²) in [5.41, 5.74) is 2.21. The quantitative estimate of drug-likeness (QED) is 0.629. The zero-order valence-corrected chi connectivity index (χ0v) is 18.1. The molecule has 0 saturated carbocycles. The van der Waals surface area contributed by atoms with E-state index in [2.05, 4.69) is 34.3 Å². The highest BCUT2D eigenvalue weighted by Gasteiger charge is 2.45. The van der Waals surface area contributed by atoms with Crippen LogP contribution in [-0.2, 0) is 17.8 Å². The summed E-state index contributed by atoms with van der Waals surface area (Å²) < 4.78 is 20.4. The van der Waals surface area contributed by atoms with Crippen LogP contribution in [0.2, 0.25) is 0 Å². The summed E-state index contributed by atoms with van der Waals surface area (Å²) in [6, 6.07) is 8.19. The predicted molar refractivity (Wildman–Crippen MR) is 114 cm³/mol. The Bertz CT molecular complexity index is 1040. The molecule has 0 aliphatic carbocycles. The molecular weight excluding hydrogens is 397 g/mol. The molecular formula is C23H28FN5O2. The maximum atomic E-state index is 13.2. The number of carbonyl (C=O) groups is 1. The van der Waals surface area contributed by atoms with Crippen molar-refractivity contribution in [3.05, 3.63) is 65.6 Å². The van der Waals surface area contributed by atoms with E-state index in [-0.39, 0.29) is 17.6 Å². The number of aromatic nitrogens is 3. The van der Waals surface area contributed by atoms with Crippen LogP contribution in [0.25, 0.3) is 5.69 Å². The molecule has 3 heterocycles. The van der Waals surface area contributed by atoms with Crippen LogP contribution in [0.3, 0.4) is 0 Å². The lowest BCUT2D eigenvalue weighted by Gasteiger charge is -2.26. The highest BCUT2D eigenvalue weighted by Crippen LogP contribution is 2.36. The number of hydrogen-bond donors (Lipinski definition) is 1. The summed E-state index contributed by atoms with van der Waals surface area (Å²) in [5.74, 6) is 0.787. The summed E-state index contributed by atoms with van der Waals surface area (Å²) in [6.45, 7) is 6.26. The maximum absolute atomic E-state index is 13.2. The molecule has 1 aromatic carbocycles. The van der Waals surface area contributed by atoms with E-state index < -0.39 is 5.41 Å². The molecule has 0 spiro atoms. The molecule has 1 aliphatic rings. The van der Waals surface area contributed by atoms with Gasteiger partial charge in [-0.2, -0.15) is 5.10 Å². The van der Waals surface area contributed by atoms with E-state index >= 15 is 0 Å². The van der Waals surface area contributed by atoms with Crippen molar-refractivity contribution in [3.8, 4) is 5.69 Å². The van der Waals surface area contributed by atoms with Gasteiger partial charge in [-0.05, 0) is 43.1 Å². The van der Waals surface area contributed by atoms with Gasteiger partial charge in [-0.1, -0.05) is 19.0 Å². The van der Waals surface area contributed by atoms with Crippen molar-refractivity contribution in [3.63, 3.8) is 0 Å². The summed E-state index contributed by atoms with van der Waals surface area (Å²) in [5, 5.41) is 11.4. The van der Waals surface area contributed by atoms with Gasteiger partial charge in [-0.3, -0.25) is 9.69 Å². The number of nitrogens with zero attached hydrogens (tertiary/aromatic N) is 4. The minimum atomic E-state index is -0.546. The highest BCUT2D eigenvalue weighted by molar-refractivity contribution is 5.83. The van der Waals surface area contributed by atoms with E-state index in [4.69, 9.17) is 4.52 Å². The van der Waals surface area contributed by atoms with Gasteiger partial charge < -0.3 is 9.84 Å². The average molecular weight is 426 g/mol. The van der Waals surface area contributed by atoms with Crippen molar-refractivity contribution >= 4 is 5.91 Å². The highest BCUT2D eigenvalue weighted by atomic mass is 19.1. The zero-order valence-electron chi connectivity index (χ0n) is 18.1. The number of hydrogen-bond acceptors (Lipinski definition) is 5. The Morgan fingerprint density at radius 2 is 2.10 bits per heavy atom. The number of halogens is 1. The molecule has 4 rings (SSSR count). The molecule has 3 aromatic rings. The van der Waals surface area contributed by atoms with Gasteiger partial charge in [0.15, 0.2) is 0 Å². The second-order valence-corrected chi connectivity index (χ2v) is 8.64. The average Bonchev–Trinajstić information content (AvgIpc) is 3.49. The third kappa shape index (κ3) is 4.54. The Hall–Kier alpha value is -3.00. The second-order valence-electron chi connectivity index (χ2n) is 8.64. The molecule has 2 aromatic heterocycles. The summed E-state index contributed by atoms with van der Waals surface area (Å²) >= 11 is 0. The van der Waals surface area contributed by atoms with E-state index in [1.807, 2.05) is 18.5 Å². The van der Waals surface area contributed by atoms with Crippen LogP contribution in [0.1, 0.15) is 43.2 Å². The van der Waals surface area contributed by atoms with Crippen LogP contribution in [0.15, 0.2) is 47.2 Å². The topological polar surface area (TPSA) is 76.2 Å². The molecule has 7 nitrogen and oxygen atoms in total. The van der Waals surface area contributed by atoms with Crippen LogP contribution < -0.4 is 5.32 Å². The van der Waals surface area contributed by atoms with Crippen LogP contribution in [-0.4, -0.2) is 45.9 Å². The first kappa shape index (κ1) is 21.2. The molecule has 1 N–H and O–H groups in total. The van der Waals surface area contributed by atoms with Gasteiger partial charge in [-0.15, -0.1) is 0 Å². The first-order valence-corrected chi connectivity index (χ1v) is 10.6. The number of carbonyl (C=O) groups excluding carboxylic acids is 1. The summed E-state index contributed by atoms with van der Waals surface area (Å²) in [7, 11) is 1.68. The van der Waals surface area contributed by atoms with Crippen LogP contribution in [0.4, 0.5) is 4.39 Å². The lowest BCUT2D eigenvalue weighted by Crippen LogP contribution is -2.43. The van der Waals surface area contributed by atoms with Crippen molar-refractivity contribution in [2.24, 2.45) is 5.41 Å². The number of rotatable bonds is 7. The van der Waals surface area contributed by atoms with Gasteiger partial charge in [0, 0.05) is 44.4 Å². The van der Waals surface area contributed by atoms with Crippen LogP contribution in [0.5, 0.6) is 0 Å². The Labute approximate surface area is 181 Å².